The monoisotopic (exact) mass is 259 g/mol. The Kier molecular flexibility index (Phi) is 4.77. The molecule has 2 aromatic rings. The van der Waals surface area contributed by atoms with E-state index in [2.05, 4.69) is 29.2 Å². The van der Waals surface area contributed by atoms with Crippen LogP contribution >= 0.6 is 0 Å². The van der Waals surface area contributed by atoms with Gasteiger partial charge in [-0.05, 0) is 36.9 Å². The number of hydrogen-bond donors (Lipinski definition) is 1. The molecule has 0 saturated carbocycles. The second kappa shape index (κ2) is 6.55. The molecule has 0 fully saturated rings. The van der Waals surface area contributed by atoms with Gasteiger partial charge in [0.2, 0.25) is 0 Å². The van der Waals surface area contributed by atoms with Crippen LogP contribution in [0.4, 0.5) is 0 Å². The van der Waals surface area contributed by atoms with Crippen LogP contribution in [0, 0.1) is 0 Å². The molecule has 0 aliphatic heterocycles. The minimum atomic E-state index is -0.300. The van der Waals surface area contributed by atoms with Gasteiger partial charge < -0.3 is 14.7 Å². The van der Waals surface area contributed by atoms with E-state index in [-0.39, 0.29) is 6.10 Å². The highest BCUT2D eigenvalue weighted by molar-refractivity contribution is 5.83. The first-order chi connectivity index (χ1) is 9.15. The van der Waals surface area contributed by atoms with Crippen molar-refractivity contribution in [2.45, 2.75) is 13.0 Å². The largest absolute Gasteiger partial charge is 0.492 e. The highest BCUT2D eigenvalue weighted by Gasteiger charge is 2.03. The van der Waals surface area contributed by atoms with Crippen LogP contribution in [0.3, 0.4) is 0 Å². The van der Waals surface area contributed by atoms with Crippen LogP contribution in [-0.2, 0) is 0 Å². The van der Waals surface area contributed by atoms with Crippen molar-refractivity contribution in [3.8, 4) is 5.75 Å². The minimum Gasteiger partial charge on any atom is -0.492 e. The zero-order chi connectivity index (χ0) is 13.7. The predicted octanol–water partition coefficient (Wildman–Crippen LogP) is 2.53. The van der Waals surface area contributed by atoms with Crippen molar-refractivity contribution < 1.29 is 9.84 Å². The topological polar surface area (TPSA) is 32.7 Å². The lowest BCUT2D eigenvalue weighted by Crippen LogP contribution is -2.30. The van der Waals surface area contributed by atoms with Gasteiger partial charge >= 0.3 is 0 Å². The van der Waals surface area contributed by atoms with E-state index < -0.39 is 0 Å². The Morgan fingerprint density at radius 1 is 1.16 bits per heavy atom. The number of likely N-dealkylation sites (N-methyl/N-ethyl adjacent to an activating group) is 1. The Balaban J connectivity index is 1.88. The molecule has 3 nitrogen and oxygen atoms in total. The van der Waals surface area contributed by atoms with Crippen molar-refractivity contribution in [1.29, 1.82) is 0 Å². The summed E-state index contributed by atoms with van der Waals surface area (Å²) in [5, 5.41) is 11.7. The Bertz CT molecular complexity index is 525. The molecule has 0 radical (unpaired) electrons. The van der Waals surface area contributed by atoms with Crippen molar-refractivity contribution in [3.05, 3.63) is 42.5 Å². The van der Waals surface area contributed by atoms with Crippen LogP contribution < -0.4 is 4.74 Å². The zero-order valence-electron chi connectivity index (χ0n) is 11.5. The van der Waals surface area contributed by atoms with E-state index in [1.807, 2.05) is 25.2 Å². The molecule has 2 rings (SSSR count). The molecule has 0 aliphatic rings. The van der Waals surface area contributed by atoms with Crippen molar-refractivity contribution in [2.75, 3.05) is 26.7 Å². The van der Waals surface area contributed by atoms with Crippen molar-refractivity contribution in [3.63, 3.8) is 0 Å². The molecule has 0 bridgehead atoms. The van der Waals surface area contributed by atoms with Gasteiger partial charge in [0.15, 0.2) is 0 Å². The molecule has 2 aromatic carbocycles. The molecular weight excluding hydrogens is 238 g/mol. The van der Waals surface area contributed by atoms with Crippen molar-refractivity contribution >= 4 is 10.8 Å². The average Bonchev–Trinajstić information content (AvgIpc) is 2.37. The first-order valence-corrected chi connectivity index (χ1v) is 6.63. The molecule has 1 atom stereocenters. The lowest BCUT2D eigenvalue weighted by atomic mass is 10.1. The maximum atomic E-state index is 9.28. The van der Waals surface area contributed by atoms with Crippen LogP contribution in [0.15, 0.2) is 42.5 Å². The van der Waals surface area contributed by atoms with Crippen LogP contribution in [-0.4, -0.2) is 42.9 Å². The SMILES string of the molecule is CC(O)CN(C)CCOc1ccc2ccccc2c1. The maximum Gasteiger partial charge on any atom is 0.120 e. The van der Waals surface area contributed by atoms with Crippen molar-refractivity contribution in [2.24, 2.45) is 0 Å². The summed E-state index contributed by atoms with van der Waals surface area (Å²) >= 11 is 0. The summed E-state index contributed by atoms with van der Waals surface area (Å²) in [6, 6.07) is 14.4. The molecule has 19 heavy (non-hydrogen) atoms. The molecular formula is C16H21NO2. The highest BCUT2D eigenvalue weighted by Crippen LogP contribution is 2.20. The van der Waals surface area contributed by atoms with Gasteiger partial charge in [-0.2, -0.15) is 0 Å². The van der Waals surface area contributed by atoms with E-state index in [4.69, 9.17) is 4.74 Å². The second-order valence-corrected chi connectivity index (χ2v) is 4.97. The lowest BCUT2D eigenvalue weighted by molar-refractivity contribution is 0.131. The van der Waals surface area contributed by atoms with Crippen molar-refractivity contribution in [1.82, 2.24) is 4.90 Å². The number of rotatable bonds is 6. The number of nitrogens with zero attached hydrogens (tertiary/aromatic N) is 1. The van der Waals surface area contributed by atoms with Crippen LogP contribution in [0.25, 0.3) is 10.8 Å². The summed E-state index contributed by atoms with van der Waals surface area (Å²) in [5.74, 6) is 0.893. The molecule has 102 valence electrons. The first kappa shape index (κ1) is 13.8. The molecule has 0 heterocycles. The van der Waals surface area contributed by atoms with Crippen LogP contribution in [0.2, 0.25) is 0 Å². The number of benzene rings is 2. The van der Waals surface area contributed by atoms with Crippen LogP contribution in [0.1, 0.15) is 6.92 Å². The number of hydrogen-bond acceptors (Lipinski definition) is 3. The summed E-state index contributed by atoms with van der Waals surface area (Å²) in [7, 11) is 1.98. The maximum absolute atomic E-state index is 9.28. The smallest absolute Gasteiger partial charge is 0.120 e. The predicted molar refractivity (Wildman–Crippen MR) is 78.6 cm³/mol. The van der Waals surface area contributed by atoms with E-state index in [1.54, 1.807) is 6.92 Å². The molecule has 0 spiro atoms. The fourth-order valence-corrected chi connectivity index (χ4v) is 2.12. The van der Waals surface area contributed by atoms with Gasteiger partial charge in [-0.1, -0.05) is 30.3 Å². The fraction of sp³-hybridized carbons (Fsp3) is 0.375. The van der Waals surface area contributed by atoms with E-state index in [0.717, 1.165) is 12.3 Å². The normalized spacial score (nSPS) is 12.8. The zero-order valence-corrected chi connectivity index (χ0v) is 11.5. The average molecular weight is 259 g/mol. The molecule has 0 amide bonds. The third kappa shape index (κ3) is 4.23. The standard InChI is InChI=1S/C16H21NO2/c1-13(18)12-17(2)9-10-19-16-8-7-14-5-3-4-6-15(14)11-16/h3-8,11,13,18H,9-10,12H2,1-2H3. The quantitative estimate of drug-likeness (QED) is 0.865. The summed E-state index contributed by atoms with van der Waals surface area (Å²) in [4.78, 5) is 2.06. The van der Waals surface area contributed by atoms with E-state index in [0.29, 0.717) is 13.2 Å². The van der Waals surface area contributed by atoms with Gasteiger partial charge in [0.05, 0.1) is 6.10 Å². The molecule has 0 aromatic heterocycles. The van der Waals surface area contributed by atoms with E-state index >= 15 is 0 Å². The fourth-order valence-electron chi connectivity index (χ4n) is 2.12. The molecule has 0 aliphatic carbocycles. The van der Waals surface area contributed by atoms with E-state index in [1.165, 1.54) is 10.8 Å². The van der Waals surface area contributed by atoms with Gasteiger partial charge in [0.1, 0.15) is 12.4 Å². The third-order valence-electron chi connectivity index (χ3n) is 3.04. The summed E-state index contributed by atoms with van der Waals surface area (Å²) in [6.45, 7) is 3.89. The summed E-state index contributed by atoms with van der Waals surface area (Å²) in [6.07, 6.45) is -0.300. The molecule has 0 saturated heterocycles. The highest BCUT2D eigenvalue weighted by atomic mass is 16.5. The Hall–Kier alpha value is -1.58. The molecule has 3 heteroatoms. The van der Waals surface area contributed by atoms with E-state index in [9.17, 15) is 5.11 Å². The van der Waals surface area contributed by atoms with Crippen LogP contribution in [0.5, 0.6) is 5.75 Å². The molecule has 1 N–H and O–H groups in total. The first-order valence-electron chi connectivity index (χ1n) is 6.63. The summed E-state index contributed by atoms with van der Waals surface area (Å²) in [5.41, 5.74) is 0. The van der Waals surface area contributed by atoms with Gasteiger partial charge in [-0.3, -0.25) is 0 Å². The number of aliphatic hydroxyl groups excluding tert-OH is 1. The Morgan fingerprint density at radius 2 is 1.89 bits per heavy atom. The number of aliphatic hydroxyl groups is 1. The number of ether oxygens (including phenoxy) is 1. The summed E-state index contributed by atoms with van der Waals surface area (Å²) < 4.78 is 5.74. The Morgan fingerprint density at radius 3 is 2.63 bits per heavy atom. The third-order valence-corrected chi connectivity index (χ3v) is 3.04. The van der Waals surface area contributed by atoms with Gasteiger partial charge in [0.25, 0.3) is 0 Å². The number of fused-ring (bicyclic) bond motifs is 1. The van der Waals surface area contributed by atoms with Gasteiger partial charge in [0, 0.05) is 13.1 Å². The minimum absolute atomic E-state index is 0.300. The Labute approximate surface area is 114 Å². The molecule has 1 unspecified atom stereocenters. The van der Waals surface area contributed by atoms with Gasteiger partial charge in [-0.15, -0.1) is 0 Å². The van der Waals surface area contributed by atoms with Gasteiger partial charge in [-0.25, -0.2) is 0 Å². The second-order valence-electron chi connectivity index (χ2n) is 4.97. The lowest BCUT2D eigenvalue weighted by Gasteiger charge is -2.18.